The van der Waals surface area contributed by atoms with Crippen molar-refractivity contribution in [1.29, 1.82) is 0 Å². The Bertz CT molecular complexity index is 1090. The van der Waals surface area contributed by atoms with Crippen LogP contribution in [0.2, 0.25) is 5.02 Å². The zero-order chi connectivity index (χ0) is 20.5. The Morgan fingerprint density at radius 1 is 1.10 bits per heavy atom. The van der Waals surface area contributed by atoms with E-state index >= 15 is 0 Å². The lowest BCUT2D eigenvalue weighted by Crippen LogP contribution is -2.39. The van der Waals surface area contributed by atoms with Gasteiger partial charge < -0.3 is 10.6 Å². The summed E-state index contributed by atoms with van der Waals surface area (Å²) >= 11 is 6.03. The fraction of sp³-hybridized carbons (Fsp3) is 0.227. The van der Waals surface area contributed by atoms with Gasteiger partial charge in [0.05, 0.1) is 27.4 Å². The van der Waals surface area contributed by atoms with Crippen LogP contribution >= 0.6 is 11.6 Å². The highest BCUT2D eigenvalue weighted by Gasteiger charge is 2.30. The third-order valence-electron chi connectivity index (χ3n) is 5.36. The minimum absolute atomic E-state index is 0.0118. The smallest absolute Gasteiger partial charge is 0.258 e. The number of primary amides is 1. The van der Waals surface area contributed by atoms with Crippen molar-refractivity contribution in [1.82, 2.24) is 9.88 Å². The van der Waals surface area contributed by atoms with Gasteiger partial charge in [0.1, 0.15) is 5.82 Å². The standard InChI is InChI=1S/C22H19ClFN3O2/c23-16-5-3-6-17(24)19(16)22(29)27-10-8-13(9-11-27)20-15(21(25)28)12-14-4-1-2-7-18(14)26-20/h1-7,12-13H,8-11H2,(H2,25,28). The van der Waals surface area contributed by atoms with Gasteiger partial charge in [0.25, 0.3) is 11.8 Å². The van der Waals surface area contributed by atoms with Crippen molar-refractivity contribution < 1.29 is 14.0 Å². The molecule has 1 fully saturated rings. The van der Waals surface area contributed by atoms with Crippen LogP contribution in [-0.4, -0.2) is 34.8 Å². The number of hydrogen-bond acceptors (Lipinski definition) is 3. The van der Waals surface area contributed by atoms with E-state index in [1.54, 1.807) is 11.0 Å². The number of fused-ring (bicyclic) bond motifs is 1. The molecular weight excluding hydrogens is 393 g/mol. The molecule has 2 amide bonds. The molecule has 1 aliphatic heterocycles. The van der Waals surface area contributed by atoms with Crippen LogP contribution in [0.5, 0.6) is 0 Å². The molecule has 2 heterocycles. The van der Waals surface area contributed by atoms with Crippen LogP contribution < -0.4 is 5.73 Å². The summed E-state index contributed by atoms with van der Waals surface area (Å²) < 4.78 is 14.1. The predicted octanol–water partition coefficient (Wildman–Crippen LogP) is 4.15. The minimum Gasteiger partial charge on any atom is -0.366 e. The number of benzene rings is 2. The molecule has 5 nitrogen and oxygen atoms in total. The summed E-state index contributed by atoms with van der Waals surface area (Å²) in [6, 6.07) is 13.5. The van der Waals surface area contributed by atoms with Crippen molar-refractivity contribution in [3.05, 3.63) is 76.2 Å². The molecule has 0 atom stereocenters. The first-order valence-corrected chi connectivity index (χ1v) is 9.76. The first-order chi connectivity index (χ1) is 14.0. The van der Waals surface area contributed by atoms with Gasteiger partial charge in [-0.05, 0) is 37.1 Å². The summed E-state index contributed by atoms with van der Waals surface area (Å²) in [5, 5.41) is 0.955. The SMILES string of the molecule is NC(=O)c1cc2ccccc2nc1C1CCN(C(=O)c2c(F)cccc2Cl)CC1. The van der Waals surface area contributed by atoms with Gasteiger partial charge >= 0.3 is 0 Å². The van der Waals surface area contributed by atoms with E-state index in [1.165, 1.54) is 18.2 Å². The molecule has 148 valence electrons. The molecule has 2 aromatic carbocycles. The average Bonchev–Trinajstić information content (AvgIpc) is 2.72. The molecule has 0 unspecified atom stereocenters. The number of amides is 2. The summed E-state index contributed by atoms with van der Waals surface area (Å²) in [7, 11) is 0. The third kappa shape index (κ3) is 3.68. The lowest BCUT2D eigenvalue weighted by molar-refractivity contribution is 0.0706. The monoisotopic (exact) mass is 411 g/mol. The summed E-state index contributed by atoms with van der Waals surface area (Å²) in [5.41, 5.74) is 7.36. The molecule has 4 rings (SSSR count). The molecule has 29 heavy (non-hydrogen) atoms. The van der Waals surface area contributed by atoms with Crippen molar-refractivity contribution in [3.63, 3.8) is 0 Å². The van der Waals surface area contributed by atoms with Gasteiger partial charge in [-0.3, -0.25) is 14.6 Å². The molecule has 0 radical (unpaired) electrons. The van der Waals surface area contributed by atoms with Gasteiger partial charge in [-0.1, -0.05) is 35.9 Å². The third-order valence-corrected chi connectivity index (χ3v) is 5.68. The topological polar surface area (TPSA) is 76.3 Å². The highest BCUT2D eigenvalue weighted by Crippen LogP contribution is 2.32. The number of nitrogens with zero attached hydrogens (tertiary/aromatic N) is 2. The zero-order valence-corrected chi connectivity index (χ0v) is 16.3. The fourth-order valence-electron chi connectivity index (χ4n) is 3.86. The van der Waals surface area contributed by atoms with E-state index in [0.29, 0.717) is 37.2 Å². The Morgan fingerprint density at radius 3 is 2.52 bits per heavy atom. The van der Waals surface area contributed by atoms with E-state index in [-0.39, 0.29) is 16.5 Å². The molecule has 7 heteroatoms. The number of pyridine rings is 1. The Labute approximate surface area is 172 Å². The second-order valence-corrected chi connectivity index (χ2v) is 7.55. The van der Waals surface area contributed by atoms with Gasteiger partial charge in [-0.15, -0.1) is 0 Å². The molecular formula is C22H19ClFN3O2. The van der Waals surface area contributed by atoms with Crippen LogP contribution in [-0.2, 0) is 0 Å². The summed E-state index contributed by atoms with van der Waals surface area (Å²) in [6.45, 7) is 0.835. The molecule has 1 aromatic heterocycles. The highest BCUT2D eigenvalue weighted by molar-refractivity contribution is 6.33. The number of likely N-dealkylation sites (tertiary alicyclic amines) is 1. The van der Waals surface area contributed by atoms with Crippen LogP contribution in [0.4, 0.5) is 4.39 Å². The van der Waals surface area contributed by atoms with Gasteiger partial charge in [-0.2, -0.15) is 0 Å². The number of hydrogen-bond donors (Lipinski definition) is 1. The molecule has 0 bridgehead atoms. The van der Waals surface area contributed by atoms with Crippen LogP contribution in [0, 0.1) is 5.82 Å². The number of aromatic nitrogens is 1. The van der Waals surface area contributed by atoms with E-state index in [9.17, 15) is 14.0 Å². The molecule has 0 aliphatic carbocycles. The first-order valence-electron chi connectivity index (χ1n) is 9.38. The Kier molecular flexibility index (Phi) is 5.20. The van der Waals surface area contributed by atoms with Gasteiger partial charge in [0.15, 0.2) is 0 Å². The van der Waals surface area contributed by atoms with Crippen molar-refractivity contribution in [2.45, 2.75) is 18.8 Å². The van der Waals surface area contributed by atoms with E-state index in [2.05, 4.69) is 0 Å². The first kappa shape index (κ1) is 19.3. The number of carbonyl (C=O) groups excluding carboxylic acids is 2. The molecule has 2 N–H and O–H groups in total. The molecule has 1 aliphatic rings. The van der Waals surface area contributed by atoms with Gasteiger partial charge in [0.2, 0.25) is 0 Å². The minimum atomic E-state index is -0.628. The predicted molar refractivity (Wildman–Crippen MR) is 110 cm³/mol. The average molecular weight is 412 g/mol. The number of para-hydroxylation sites is 1. The summed E-state index contributed by atoms with van der Waals surface area (Å²) in [4.78, 5) is 31.0. The summed E-state index contributed by atoms with van der Waals surface area (Å²) in [5.74, 6) is -1.58. The quantitative estimate of drug-likeness (QED) is 0.703. The van der Waals surface area contributed by atoms with E-state index in [0.717, 1.165) is 10.9 Å². The maximum atomic E-state index is 14.1. The fourth-order valence-corrected chi connectivity index (χ4v) is 4.10. The molecule has 3 aromatic rings. The van der Waals surface area contributed by atoms with Crippen molar-refractivity contribution in [2.24, 2.45) is 5.73 Å². The van der Waals surface area contributed by atoms with E-state index in [1.807, 2.05) is 24.3 Å². The van der Waals surface area contributed by atoms with Crippen molar-refractivity contribution in [3.8, 4) is 0 Å². The van der Waals surface area contributed by atoms with Crippen LogP contribution in [0.25, 0.3) is 10.9 Å². The molecule has 0 saturated carbocycles. The Morgan fingerprint density at radius 2 is 1.83 bits per heavy atom. The second kappa shape index (κ2) is 7.79. The zero-order valence-electron chi connectivity index (χ0n) is 15.6. The van der Waals surface area contributed by atoms with Gasteiger partial charge in [0, 0.05) is 24.4 Å². The largest absolute Gasteiger partial charge is 0.366 e. The van der Waals surface area contributed by atoms with Crippen LogP contribution in [0.1, 0.15) is 45.2 Å². The Hall–Kier alpha value is -2.99. The number of nitrogens with two attached hydrogens (primary N) is 1. The number of piperidine rings is 1. The Balaban J connectivity index is 1.58. The van der Waals surface area contributed by atoms with Gasteiger partial charge in [-0.25, -0.2) is 4.39 Å². The van der Waals surface area contributed by atoms with Crippen LogP contribution in [0.15, 0.2) is 48.5 Å². The van der Waals surface area contributed by atoms with Crippen molar-refractivity contribution in [2.75, 3.05) is 13.1 Å². The second-order valence-electron chi connectivity index (χ2n) is 7.14. The number of rotatable bonds is 3. The number of halogens is 2. The number of carbonyl (C=O) groups is 2. The highest BCUT2D eigenvalue weighted by atomic mass is 35.5. The molecule has 0 spiro atoms. The summed E-state index contributed by atoms with van der Waals surface area (Å²) in [6.07, 6.45) is 1.20. The van der Waals surface area contributed by atoms with Crippen LogP contribution in [0.3, 0.4) is 0 Å². The normalized spacial score (nSPS) is 14.9. The van der Waals surface area contributed by atoms with E-state index < -0.39 is 17.6 Å². The maximum Gasteiger partial charge on any atom is 0.258 e. The lowest BCUT2D eigenvalue weighted by Gasteiger charge is -2.32. The lowest BCUT2D eigenvalue weighted by atomic mass is 9.89. The van der Waals surface area contributed by atoms with Crippen molar-refractivity contribution >= 4 is 34.3 Å². The van der Waals surface area contributed by atoms with E-state index in [4.69, 9.17) is 22.3 Å². The maximum absolute atomic E-state index is 14.1. The molecule has 1 saturated heterocycles.